The van der Waals surface area contributed by atoms with Crippen molar-refractivity contribution in [2.45, 2.75) is 76.7 Å². The van der Waals surface area contributed by atoms with Crippen molar-refractivity contribution in [3.8, 4) is 0 Å². The van der Waals surface area contributed by atoms with Crippen molar-refractivity contribution < 1.29 is 39.3 Å². The third kappa shape index (κ3) is 10.5. The highest BCUT2D eigenvalue weighted by Crippen LogP contribution is 2.06. The third-order valence-electron chi connectivity index (χ3n) is 4.64. The number of carbonyl (C=O) groups excluding carboxylic acids is 3. The molecule has 5 atom stereocenters. The summed E-state index contributed by atoms with van der Waals surface area (Å²) >= 11 is 0. The Balaban J connectivity index is 5.52. The van der Waals surface area contributed by atoms with Crippen molar-refractivity contribution in [2.75, 3.05) is 6.54 Å². The minimum Gasteiger partial charge on any atom is -0.481 e. The van der Waals surface area contributed by atoms with E-state index >= 15 is 0 Å². The summed E-state index contributed by atoms with van der Waals surface area (Å²) in [6.07, 6.45) is -0.901. The van der Waals surface area contributed by atoms with Crippen LogP contribution in [0.4, 0.5) is 0 Å². The summed E-state index contributed by atoms with van der Waals surface area (Å²) in [6, 6.07) is -5.36. The lowest BCUT2D eigenvalue weighted by atomic mass is 10.0. The lowest BCUT2D eigenvalue weighted by Crippen LogP contribution is -2.58. The molecule has 5 unspecified atom stereocenters. The number of rotatable bonds is 15. The summed E-state index contributed by atoms with van der Waals surface area (Å²) in [5.74, 6) is -5.86. The Morgan fingerprint density at radius 2 is 1.38 bits per heavy atom. The number of aliphatic carboxylic acids is 2. The molecule has 0 aliphatic heterocycles. The van der Waals surface area contributed by atoms with E-state index in [9.17, 15) is 34.2 Å². The highest BCUT2D eigenvalue weighted by molar-refractivity contribution is 5.95. The molecule has 184 valence electrons. The SMILES string of the molecule is CC(C)C(NC(=O)C(CC(=O)O)NC(=O)C(CCCCN)NC(=O)C(N)C(C)O)C(=O)O. The molecule has 0 spiro atoms. The van der Waals surface area contributed by atoms with Gasteiger partial charge < -0.3 is 42.7 Å². The molecule has 32 heavy (non-hydrogen) atoms. The van der Waals surface area contributed by atoms with E-state index in [4.69, 9.17) is 16.6 Å². The zero-order chi connectivity index (χ0) is 25.0. The summed E-state index contributed by atoms with van der Waals surface area (Å²) in [5.41, 5.74) is 11.0. The summed E-state index contributed by atoms with van der Waals surface area (Å²) < 4.78 is 0. The Kier molecular flexibility index (Phi) is 13.1. The molecule has 0 aliphatic rings. The van der Waals surface area contributed by atoms with Gasteiger partial charge in [-0.15, -0.1) is 0 Å². The first-order valence-corrected chi connectivity index (χ1v) is 10.3. The number of hydrogen-bond donors (Lipinski definition) is 8. The average molecular weight is 462 g/mol. The van der Waals surface area contributed by atoms with Gasteiger partial charge in [0.25, 0.3) is 0 Å². The molecular weight excluding hydrogens is 426 g/mol. The number of aliphatic hydroxyl groups excluding tert-OH is 1. The molecule has 0 bridgehead atoms. The molecule has 0 aliphatic carbocycles. The second-order valence-electron chi connectivity index (χ2n) is 7.84. The van der Waals surface area contributed by atoms with E-state index in [0.717, 1.165) is 0 Å². The van der Waals surface area contributed by atoms with E-state index < -0.39 is 72.3 Å². The average Bonchev–Trinajstić information content (AvgIpc) is 2.68. The molecular formula is C19H35N5O8. The number of amides is 3. The number of carboxylic acid groups (broad SMARTS) is 2. The highest BCUT2D eigenvalue weighted by Gasteiger charge is 2.32. The fourth-order valence-electron chi connectivity index (χ4n) is 2.67. The Hall–Kier alpha value is -2.77. The van der Waals surface area contributed by atoms with Crippen LogP contribution in [0, 0.1) is 5.92 Å². The number of hydrogen-bond acceptors (Lipinski definition) is 8. The quantitative estimate of drug-likeness (QED) is 0.119. The molecule has 0 saturated heterocycles. The maximum atomic E-state index is 12.8. The van der Waals surface area contributed by atoms with Gasteiger partial charge in [-0.05, 0) is 38.6 Å². The minimum atomic E-state index is -1.58. The fraction of sp³-hybridized carbons (Fsp3) is 0.737. The molecule has 0 saturated carbocycles. The number of carbonyl (C=O) groups is 5. The Morgan fingerprint density at radius 1 is 0.844 bits per heavy atom. The summed E-state index contributed by atoms with van der Waals surface area (Å²) in [4.78, 5) is 60.0. The number of unbranched alkanes of at least 4 members (excludes halogenated alkanes) is 1. The van der Waals surface area contributed by atoms with Gasteiger partial charge in [0.05, 0.1) is 12.5 Å². The number of aliphatic hydroxyl groups is 1. The summed E-state index contributed by atoms with van der Waals surface area (Å²) in [6.45, 7) is 4.75. The van der Waals surface area contributed by atoms with Crippen molar-refractivity contribution >= 4 is 29.7 Å². The minimum absolute atomic E-state index is 0.118. The first-order chi connectivity index (χ1) is 14.8. The van der Waals surface area contributed by atoms with Gasteiger partial charge in [0.15, 0.2) is 0 Å². The van der Waals surface area contributed by atoms with Crippen LogP contribution in [-0.2, 0) is 24.0 Å². The van der Waals surface area contributed by atoms with Gasteiger partial charge in [0, 0.05) is 0 Å². The molecule has 0 radical (unpaired) electrons. The lowest BCUT2D eigenvalue weighted by Gasteiger charge is -2.25. The number of nitrogens with one attached hydrogen (secondary N) is 3. The lowest BCUT2D eigenvalue weighted by molar-refractivity contribution is -0.144. The zero-order valence-electron chi connectivity index (χ0n) is 18.5. The van der Waals surface area contributed by atoms with Crippen LogP contribution in [0.15, 0.2) is 0 Å². The first kappa shape index (κ1) is 29.2. The van der Waals surface area contributed by atoms with Crippen molar-refractivity contribution in [3.63, 3.8) is 0 Å². The topological polar surface area (TPSA) is 234 Å². The molecule has 0 heterocycles. The Bertz CT molecular complexity index is 670. The largest absolute Gasteiger partial charge is 0.481 e. The van der Waals surface area contributed by atoms with Crippen LogP contribution in [0.25, 0.3) is 0 Å². The molecule has 0 rings (SSSR count). The van der Waals surface area contributed by atoms with Crippen LogP contribution < -0.4 is 27.4 Å². The predicted molar refractivity (Wildman–Crippen MR) is 113 cm³/mol. The standard InChI is InChI=1S/C19H35N5O8/c1-9(2)15(19(31)32)24-17(29)12(8-13(26)27)23-16(28)11(6-4-5-7-20)22-18(30)14(21)10(3)25/h9-12,14-15,25H,4-8,20-21H2,1-3H3,(H,22,30)(H,23,28)(H,24,29)(H,26,27)(H,31,32). The van der Waals surface area contributed by atoms with E-state index in [-0.39, 0.29) is 6.42 Å². The maximum Gasteiger partial charge on any atom is 0.326 e. The molecule has 13 nitrogen and oxygen atoms in total. The summed E-state index contributed by atoms with van der Waals surface area (Å²) in [7, 11) is 0. The monoisotopic (exact) mass is 461 g/mol. The van der Waals surface area contributed by atoms with Crippen molar-refractivity contribution in [2.24, 2.45) is 17.4 Å². The van der Waals surface area contributed by atoms with Crippen LogP contribution in [-0.4, -0.2) is 81.8 Å². The highest BCUT2D eigenvalue weighted by atomic mass is 16.4. The van der Waals surface area contributed by atoms with Crippen LogP contribution in [0.3, 0.4) is 0 Å². The van der Waals surface area contributed by atoms with Crippen LogP contribution >= 0.6 is 0 Å². The molecule has 13 heteroatoms. The van der Waals surface area contributed by atoms with Gasteiger partial charge in [-0.2, -0.15) is 0 Å². The van der Waals surface area contributed by atoms with E-state index in [1.807, 2.05) is 0 Å². The van der Waals surface area contributed by atoms with Crippen molar-refractivity contribution in [1.82, 2.24) is 16.0 Å². The van der Waals surface area contributed by atoms with Crippen LogP contribution in [0.1, 0.15) is 46.5 Å². The number of carboxylic acids is 2. The molecule has 0 fully saturated rings. The maximum absolute atomic E-state index is 12.8. The Morgan fingerprint density at radius 3 is 1.81 bits per heavy atom. The van der Waals surface area contributed by atoms with Gasteiger partial charge in [-0.25, -0.2) is 4.79 Å². The molecule has 0 aromatic rings. The van der Waals surface area contributed by atoms with Crippen LogP contribution in [0.2, 0.25) is 0 Å². The normalized spacial score (nSPS) is 15.7. The van der Waals surface area contributed by atoms with Crippen LogP contribution in [0.5, 0.6) is 0 Å². The fourth-order valence-corrected chi connectivity index (χ4v) is 2.67. The molecule has 0 aromatic heterocycles. The predicted octanol–water partition coefficient (Wildman–Crippen LogP) is -2.51. The summed E-state index contributed by atoms with van der Waals surface area (Å²) in [5, 5.41) is 34.7. The van der Waals surface area contributed by atoms with Gasteiger partial charge in [-0.1, -0.05) is 13.8 Å². The second kappa shape index (κ2) is 14.3. The van der Waals surface area contributed by atoms with E-state index in [1.165, 1.54) is 6.92 Å². The first-order valence-electron chi connectivity index (χ1n) is 10.3. The van der Waals surface area contributed by atoms with Crippen molar-refractivity contribution in [3.05, 3.63) is 0 Å². The molecule has 10 N–H and O–H groups in total. The molecule has 0 aromatic carbocycles. The van der Waals surface area contributed by atoms with E-state index in [2.05, 4.69) is 16.0 Å². The zero-order valence-corrected chi connectivity index (χ0v) is 18.5. The van der Waals surface area contributed by atoms with Gasteiger partial charge >= 0.3 is 11.9 Å². The molecule has 3 amide bonds. The second-order valence-corrected chi connectivity index (χ2v) is 7.84. The van der Waals surface area contributed by atoms with E-state index in [1.54, 1.807) is 13.8 Å². The van der Waals surface area contributed by atoms with Gasteiger partial charge in [0.1, 0.15) is 24.2 Å². The van der Waals surface area contributed by atoms with E-state index in [0.29, 0.717) is 19.4 Å². The number of nitrogens with two attached hydrogens (primary N) is 2. The van der Waals surface area contributed by atoms with Crippen molar-refractivity contribution in [1.29, 1.82) is 0 Å². The van der Waals surface area contributed by atoms with Gasteiger partial charge in [0.2, 0.25) is 17.7 Å². The third-order valence-corrected chi connectivity index (χ3v) is 4.64. The smallest absolute Gasteiger partial charge is 0.326 e. The Labute approximate surface area is 186 Å². The van der Waals surface area contributed by atoms with Gasteiger partial charge in [-0.3, -0.25) is 19.2 Å².